The van der Waals surface area contributed by atoms with Crippen LogP contribution in [-0.4, -0.2) is 16.6 Å². The van der Waals surface area contributed by atoms with Crippen LogP contribution < -0.4 is 4.74 Å². The Hall–Kier alpha value is -2.13. The molecule has 0 atom stereocenters. The summed E-state index contributed by atoms with van der Waals surface area (Å²) in [5.41, 5.74) is 0.299. The molecule has 1 aromatic rings. The summed E-state index contributed by atoms with van der Waals surface area (Å²) in [5, 5.41) is 28.7. The van der Waals surface area contributed by atoms with Gasteiger partial charge in [-0.2, -0.15) is 5.26 Å². The Morgan fingerprint density at radius 1 is 1.53 bits per heavy atom. The Balaban J connectivity index is 2.14. The third-order valence-electron chi connectivity index (χ3n) is 3.35. The van der Waals surface area contributed by atoms with Crippen molar-refractivity contribution in [3.63, 3.8) is 0 Å². The molecule has 1 N–H and O–H groups in total. The molecule has 0 amide bonds. The lowest BCUT2D eigenvalue weighted by Crippen LogP contribution is -2.13. The van der Waals surface area contributed by atoms with E-state index in [-0.39, 0.29) is 23.5 Å². The van der Waals surface area contributed by atoms with Crippen LogP contribution in [-0.2, 0) is 6.61 Å². The van der Waals surface area contributed by atoms with Crippen LogP contribution in [0, 0.1) is 26.9 Å². The molecule has 0 heterocycles. The number of aliphatic hydroxyl groups excluding tert-OH is 1. The van der Waals surface area contributed by atoms with Gasteiger partial charge in [0, 0.05) is 17.9 Å². The number of aliphatic hydroxyl groups is 1. The standard InChI is InChI=1S/C13H14N2O4/c14-6-5-13(3-4-13)9-19-12-7-10(8-16)1-2-11(12)15(17)18/h1-2,7,16H,3-5,8-9H2. The van der Waals surface area contributed by atoms with Crippen LogP contribution in [0.15, 0.2) is 18.2 Å². The Morgan fingerprint density at radius 3 is 2.79 bits per heavy atom. The molecule has 6 nitrogen and oxygen atoms in total. The van der Waals surface area contributed by atoms with Crippen LogP contribution in [0.5, 0.6) is 5.75 Å². The number of nitro groups is 1. The topological polar surface area (TPSA) is 96.4 Å². The number of benzene rings is 1. The van der Waals surface area contributed by atoms with Gasteiger partial charge in [0.1, 0.15) is 0 Å². The number of nitrogens with zero attached hydrogens (tertiary/aromatic N) is 2. The predicted molar refractivity (Wildman–Crippen MR) is 66.4 cm³/mol. The van der Waals surface area contributed by atoms with Gasteiger partial charge in [-0.1, -0.05) is 0 Å². The fourth-order valence-electron chi connectivity index (χ4n) is 1.87. The Morgan fingerprint density at radius 2 is 2.26 bits per heavy atom. The molecular weight excluding hydrogens is 248 g/mol. The van der Waals surface area contributed by atoms with Gasteiger partial charge >= 0.3 is 5.69 Å². The molecule has 0 aromatic heterocycles. The maximum atomic E-state index is 10.9. The zero-order valence-electron chi connectivity index (χ0n) is 10.3. The number of hydrogen-bond acceptors (Lipinski definition) is 5. The lowest BCUT2D eigenvalue weighted by Gasteiger charge is -2.13. The molecule has 19 heavy (non-hydrogen) atoms. The van der Waals surface area contributed by atoms with Crippen LogP contribution >= 0.6 is 0 Å². The van der Waals surface area contributed by atoms with Crippen molar-refractivity contribution in [2.24, 2.45) is 5.41 Å². The number of hydrogen-bond donors (Lipinski definition) is 1. The monoisotopic (exact) mass is 262 g/mol. The van der Waals surface area contributed by atoms with Crippen LogP contribution in [0.4, 0.5) is 5.69 Å². The molecule has 1 aliphatic carbocycles. The van der Waals surface area contributed by atoms with Crippen LogP contribution in [0.1, 0.15) is 24.8 Å². The molecule has 0 unspecified atom stereocenters. The van der Waals surface area contributed by atoms with E-state index in [1.54, 1.807) is 0 Å². The number of ether oxygens (including phenoxy) is 1. The lowest BCUT2D eigenvalue weighted by molar-refractivity contribution is -0.385. The molecule has 1 fully saturated rings. The van der Waals surface area contributed by atoms with E-state index in [9.17, 15) is 10.1 Å². The van der Waals surface area contributed by atoms with E-state index in [1.165, 1.54) is 18.2 Å². The molecule has 6 heteroatoms. The normalized spacial score (nSPS) is 15.6. The Kier molecular flexibility index (Phi) is 3.67. The summed E-state index contributed by atoms with van der Waals surface area (Å²) in [7, 11) is 0. The minimum absolute atomic E-state index is 0.120. The van der Waals surface area contributed by atoms with Crippen LogP contribution in [0.3, 0.4) is 0 Å². The molecular formula is C13H14N2O4. The van der Waals surface area contributed by atoms with Crippen LogP contribution in [0.25, 0.3) is 0 Å². The second kappa shape index (κ2) is 5.24. The highest BCUT2D eigenvalue weighted by molar-refractivity contribution is 5.48. The van der Waals surface area contributed by atoms with Gasteiger partial charge in [0.05, 0.1) is 24.2 Å². The van der Waals surface area contributed by atoms with Crippen molar-refractivity contribution in [1.82, 2.24) is 0 Å². The minimum Gasteiger partial charge on any atom is -0.486 e. The second-order valence-electron chi connectivity index (χ2n) is 4.84. The van der Waals surface area contributed by atoms with E-state index in [0.29, 0.717) is 18.6 Å². The molecule has 1 aromatic carbocycles. The van der Waals surface area contributed by atoms with Gasteiger partial charge in [0.2, 0.25) is 0 Å². The predicted octanol–water partition coefficient (Wildman–Crippen LogP) is 2.16. The van der Waals surface area contributed by atoms with Crippen LogP contribution in [0.2, 0.25) is 0 Å². The smallest absolute Gasteiger partial charge is 0.310 e. The first kappa shape index (κ1) is 13.3. The Labute approximate surface area is 110 Å². The van der Waals surface area contributed by atoms with Gasteiger partial charge in [-0.15, -0.1) is 0 Å². The summed E-state index contributed by atoms with van der Waals surface area (Å²) in [4.78, 5) is 10.4. The van der Waals surface area contributed by atoms with Crippen molar-refractivity contribution < 1.29 is 14.8 Å². The van der Waals surface area contributed by atoms with Crippen molar-refractivity contribution in [3.05, 3.63) is 33.9 Å². The lowest BCUT2D eigenvalue weighted by atomic mass is 10.1. The number of rotatable bonds is 6. The SMILES string of the molecule is N#CCC1(COc2cc(CO)ccc2[N+](=O)[O-])CC1. The zero-order chi connectivity index (χ0) is 13.9. The molecule has 1 aliphatic rings. The van der Waals surface area contributed by atoms with Gasteiger partial charge in [0.15, 0.2) is 5.75 Å². The fraction of sp³-hybridized carbons (Fsp3) is 0.462. The second-order valence-corrected chi connectivity index (χ2v) is 4.84. The first-order valence-electron chi connectivity index (χ1n) is 5.98. The van der Waals surface area contributed by atoms with E-state index in [0.717, 1.165) is 12.8 Å². The molecule has 2 rings (SSSR count). The fourth-order valence-corrected chi connectivity index (χ4v) is 1.87. The van der Waals surface area contributed by atoms with Crippen molar-refractivity contribution in [2.45, 2.75) is 25.9 Å². The average molecular weight is 262 g/mol. The highest BCUT2D eigenvalue weighted by Crippen LogP contribution is 2.49. The van der Waals surface area contributed by atoms with Gasteiger partial charge in [-0.05, 0) is 30.5 Å². The molecule has 0 radical (unpaired) electrons. The molecule has 0 saturated heterocycles. The summed E-state index contributed by atoms with van der Waals surface area (Å²) < 4.78 is 5.52. The summed E-state index contributed by atoms with van der Waals surface area (Å²) in [5.74, 6) is 0.153. The van der Waals surface area contributed by atoms with Gasteiger partial charge < -0.3 is 9.84 Å². The summed E-state index contributed by atoms with van der Waals surface area (Å²) in [6.07, 6.45) is 2.22. The van der Waals surface area contributed by atoms with E-state index >= 15 is 0 Å². The number of nitriles is 1. The average Bonchev–Trinajstić information content (AvgIpc) is 3.16. The van der Waals surface area contributed by atoms with Gasteiger partial charge in [-0.25, -0.2) is 0 Å². The van der Waals surface area contributed by atoms with Gasteiger partial charge in [-0.3, -0.25) is 10.1 Å². The largest absolute Gasteiger partial charge is 0.486 e. The molecule has 0 spiro atoms. The first-order chi connectivity index (χ1) is 9.10. The maximum absolute atomic E-state index is 10.9. The van der Waals surface area contributed by atoms with E-state index < -0.39 is 4.92 Å². The summed E-state index contributed by atoms with van der Waals surface area (Å²) in [6.45, 7) is 0.105. The van der Waals surface area contributed by atoms with Crippen molar-refractivity contribution in [2.75, 3.05) is 6.61 Å². The van der Waals surface area contributed by atoms with E-state index in [2.05, 4.69) is 6.07 Å². The minimum atomic E-state index is -0.514. The number of nitro benzene ring substituents is 1. The molecule has 0 aliphatic heterocycles. The summed E-state index contributed by atoms with van der Waals surface area (Å²) >= 11 is 0. The third-order valence-corrected chi connectivity index (χ3v) is 3.35. The highest BCUT2D eigenvalue weighted by Gasteiger charge is 2.43. The molecule has 1 saturated carbocycles. The van der Waals surface area contributed by atoms with Crippen molar-refractivity contribution in [3.8, 4) is 11.8 Å². The van der Waals surface area contributed by atoms with Gasteiger partial charge in [0.25, 0.3) is 0 Å². The summed E-state index contributed by atoms with van der Waals surface area (Å²) in [6, 6.07) is 6.40. The quantitative estimate of drug-likeness (QED) is 0.626. The van der Waals surface area contributed by atoms with Crippen molar-refractivity contribution >= 4 is 5.69 Å². The van der Waals surface area contributed by atoms with Crippen molar-refractivity contribution in [1.29, 1.82) is 5.26 Å². The Bertz CT molecular complexity index is 532. The van der Waals surface area contributed by atoms with E-state index in [1.807, 2.05) is 0 Å². The maximum Gasteiger partial charge on any atom is 0.310 e. The third kappa shape index (κ3) is 3.01. The first-order valence-corrected chi connectivity index (χ1v) is 5.98. The zero-order valence-corrected chi connectivity index (χ0v) is 10.3. The van der Waals surface area contributed by atoms with E-state index in [4.69, 9.17) is 15.1 Å². The highest BCUT2D eigenvalue weighted by atomic mass is 16.6. The molecule has 0 bridgehead atoms. The molecule has 100 valence electrons.